The Bertz CT molecular complexity index is 428. The quantitative estimate of drug-likeness (QED) is 0.226. The maximum absolute atomic E-state index is 11.7. The molecule has 0 saturated carbocycles. The second kappa shape index (κ2) is 10.0. The molecule has 6 nitrogen and oxygen atoms in total. The first-order chi connectivity index (χ1) is 9.42. The van der Waals surface area contributed by atoms with E-state index >= 15 is 0 Å². The molecule has 0 aromatic rings. The standard InChI is InChI=1S/C13H18ClNO5/c1-4-12(13(16)19-5-2)10(3)6-7-11(14)8-9-20-15(17)18/h6-9,12H,4-5H2,1-3H3/b9-8+,10-6+,11-7+. The number of ether oxygens (including phenoxy) is 1. The number of esters is 1. The molecule has 0 aliphatic heterocycles. The second-order valence-electron chi connectivity index (χ2n) is 3.81. The fourth-order valence-corrected chi connectivity index (χ4v) is 1.56. The molecule has 112 valence electrons. The van der Waals surface area contributed by atoms with E-state index in [1.165, 1.54) is 12.2 Å². The van der Waals surface area contributed by atoms with Crippen LogP contribution in [0.5, 0.6) is 0 Å². The summed E-state index contributed by atoms with van der Waals surface area (Å²) in [5.41, 5.74) is 0.799. The molecule has 7 heteroatoms. The van der Waals surface area contributed by atoms with Crippen molar-refractivity contribution in [2.45, 2.75) is 27.2 Å². The fourth-order valence-electron chi connectivity index (χ4n) is 1.45. The Morgan fingerprint density at radius 1 is 1.40 bits per heavy atom. The number of hydrogen-bond acceptors (Lipinski definition) is 5. The van der Waals surface area contributed by atoms with Gasteiger partial charge in [-0.25, -0.2) is 0 Å². The van der Waals surface area contributed by atoms with Crippen LogP contribution in [0.3, 0.4) is 0 Å². The Labute approximate surface area is 122 Å². The summed E-state index contributed by atoms with van der Waals surface area (Å²) in [6, 6.07) is 0. The predicted octanol–water partition coefficient (Wildman–Crippen LogP) is 3.37. The summed E-state index contributed by atoms with van der Waals surface area (Å²) < 4.78 is 4.97. The lowest BCUT2D eigenvalue weighted by molar-refractivity contribution is -0.737. The van der Waals surface area contributed by atoms with Crippen molar-refractivity contribution < 1.29 is 19.5 Å². The summed E-state index contributed by atoms with van der Waals surface area (Å²) in [4.78, 5) is 25.6. The first-order valence-corrected chi connectivity index (χ1v) is 6.48. The van der Waals surface area contributed by atoms with Gasteiger partial charge in [0.2, 0.25) is 0 Å². The van der Waals surface area contributed by atoms with Gasteiger partial charge in [0.15, 0.2) is 0 Å². The Morgan fingerprint density at radius 2 is 2.05 bits per heavy atom. The maximum atomic E-state index is 11.7. The maximum Gasteiger partial charge on any atom is 0.313 e. The van der Waals surface area contributed by atoms with Crippen molar-refractivity contribution in [1.82, 2.24) is 0 Å². The Hall–Kier alpha value is -1.82. The molecule has 0 aromatic heterocycles. The third-order valence-corrected chi connectivity index (χ3v) is 2.66. The highest BCUT2D eigenvalue weighted by Gasteiger charge is 2.18. The van der Waals surface area contributed by atoms with Crippen LogP contribution >= 0.6 is 11.6 Å². The van der Waals surface area contributed by atoms with Gasteiger partial charge in [0.25, 0.3) is 5.09 Å². The average Bonchev–Trinajstić information content (AvgIpc) is 2.37. The highest BCUT2D eigenvalue weighted by molar-refractivity contribution is 6.31. The molecule has 0 aliphatic carbocycles. The van der Waals surface area contributed by atoms with Crippen LogP contribution in [0, 0.1) is 16.0 Å². The normalized spacial score (nSPS) is 14.2. The number of allylic oxidation sites excluding steroid dienone is 4. The molecule has 0 aromatic carbocycles. The largest absolute Gasteiger partial charge is 0.466 e. The highest BCUT2D eigenvalue weighted by atomic mass is 35.5. The molecule has 0 amide bonds. The van der Waals surface area contributed by atoms with E-state index in [4.69, 9.17) is 16.3 Å². The topological polar surface area (TPSA) is 78.7 Å². The van der Waals surface area contributed by atoms with Gasteiger partial charge in [0.1, 0.15) is 0 Å². The molecule has 0 spiro atoms. The van der Waals surface area contributed by atoms with E-state index in [-0.39, 0.29) is 16.9 Å². The molecule has 0 N–H and O–H groups in total. The lowest BCUT2D eigenvalue weighted by Gasteiger charge is -2.13. The molecule has 0 bridgehead atoms. The zero-order valence-electron chi connectivity index (χ0n) is 11.7. The molecule has 0 radical (unpaired) electrons. The van der Waals surface area contributed by atoms with Crippen LogP contribution in [-0.4, -0.2) is 17.7 Å². The van der Waals surface area contributed by atoms with Crippen LogP contribution in [-0.2, 0) is 14.4 Å². The van der Waals surface area contributed by atoms with Crippen molar-refractivity contribution in [2.75, 3.05) is 6.61 Å². The number of carbonyl (C=O) groups is 1. The van der Waals surface area contributed by atoms with Gasteiger partial charge in [-0.1, -0.05) is 30.2 Å². The molecule has 0 rings (SSSR count). The Kier molecular flexibility index (Phi) is 9.11. The van der Waals surface area contributed by atoms with Crippen molar-refractivity contribution in [3.8, 4) is 0 Å². The summed E-state index contributed by atoms with van der Waals surface area (Å²) in [7, 11) is 0. The smallest absolute Gasteiger partial charge is 0.313 e. The van der Waals surface area contributed by atoms with E-state index in [1.54, 1.807) is 19.9 Å². The minimum absolute atomic E-state index is 0.241. The number of halogens is 1. The van der Waals surface area contributed by atoms with Crippen LogP contribution < -0.4 is 0 Å². The van der Waals surface area contributed by atoms with E-state index in [0.29, 0.717) is 13.0 Å². The van der Waals surface area contributed by atoms with Crippen molar-refractivity contribution >= 4 is 17.6 Å². The molecular weight excluding hydrogens is 286 g/mol. The minimum atomic E-state index is -0.949. The summed E-state index contributed by atoms with van der Waals surface area (Å²) in [6.07, 6.45) is 5.92. The molecule has 0 aliphatic rings. The molecule has 1 unspecified atom stereocenters. The van der Waals surface area contributed by atoms with Gasteiger partial charge in [0, 0.05) is 5.03 Å². The number of nitrogens with zero attached hydrogens (tertiary/aromatic N) is 1. The first kappa shape index (κ1) is 18.2. The third-order valence-electron chi connectivity index (χ3n) is 2.41. The van der Waals surface area contributed by atoms with Crippen LogP contribution in [0.25, 0.3) is 0 Å². The highest BCUT2D eigenvalue weighted by Crippen LogP contribution is 2.17. The van der Waals surface area contributed by atoms with Gasteiger partial charge in [-0.3, -0.25) is 9.63 Å². The molecular formula is C13H18ClNO5. The van der Waals surface area contributed by atoms with E-state index in [2.05, 4.69) is 4.84 Å². The van der Waals surface area contributed by atoms with Crippen molar-refractivity contribution in [3.05, 3.63) is 45.2 Å². The van der Waals surface area contributed by atoms with Gasteiger partial charge in [0.05, 0.1) is 18.8 Å². The number of rotatable bonds is 8. The second-order valence-corrected chi connectivity index (χ2v) is 4.24. The summed E-state index contributed by atoms with van der Waals surface area (Å²) in [5.74, 6) is -0.602. The first-order valence-electron chi connectivity index (χ1n) is 6.10. The van der Waals surface area contributed by atoms with Gasteiger partial charge >= 0.3 is 5.97 Å². The van der Waals surface area contributed by atoms with Crippen LogP contribution in [0.2, 0.25) is 0 Å². The molecule has 1 atom stereocenters. The summed E-state index contributed by atoms with van der Waals surface area (Å²) >= 11 is 5.81. The van der Waals surface area contributed by atoms with Crippen molar-refractivity contribution in [1.29, 1.82) is 0 Å². The van der Waals surface area contributed by atoms with Gasteiger partial charge in [-0.15, -0.1) is 10.1 Å². The third kappa shape index (κ3) is 7.58. The molecule has 0 heterocycles. The van der Waals surface area contributed by atoms with Crippen molar-refractivity contribution in [2.24, 2.45) is 5.92 Å². The van der Waals surface area contributed by atoms with Gasteiger partial charge in [-0.2, -0.15) is 0 Å². The average molecular weight is 304 g/mol. The predicted molar refractivity (Wildman–Crippen MR) is 75.3 cm³/mol. The van der Waals surface area contributed by atoms with E-state index in [0.717, 1.165) is 11.8 Å². The molecule has 0 saturated heterocycles. The number of carbonyl (C=O) groups excluding carboxylic acids is 1. The van der Waals surface area contributed by atoms with E-state index in [1.807, 2.05) is 6.92 Å². The molecule has 20 heavy (non-hydrogen) atoms. The van der Waals surface area contributed by atoms with Crippen LogP contribution in [0.15, 0.2) is 35.1 Å². The van der Waals surface area contributed by atoms with E-state index in [9.17, 15) is 14.9 Å². The van der Waals surface area contributed by atoms with Gasteiger partial charge in [-0.05, 0) is 32.4 Å². The van der Waals surface area contributed by atoms with E-state index < -0.39 is 5.09 Å². The SMILES string of the molecule is CCOC(=O)C(CC)/C(C)=C/C=C(Cl)\C=C\O[N+](=O)[O-]. The number of hydrogen-bond donors (Lipinski definition) is 0. The Balaban J connectivity index is 4.72. The lowest BCUT2D eigenvalue weighted by atomic mass is 9.97. The molecule has 0 fully saturated rings. The fraction of sp³-hybridized carbons (Fsp3) is 0.462. The lowest BCUT2D eigenvalue weighted by Crippen LogP contribution is -2.18. The monoisotopic (exact) mass is 303 g/mol. The van der Waals surface area contributed by atoms with Gasteiger partial charge < -0.3 is 4.74 Å². The summed E-state index contributed by atoms with van der Waals surface area (Å²) in [6.45, 7) is 5.76. The zero-order valence-corrected chi connectivity index (χ0v) is 12.4. The van der Waals surface area contributed by atoms with Crippen molar-refractivity contribution in [3.63, 3.8) is 0 Å². The summed E-state index contributed by atoms with van der Waals surface area (Å²) in [5, 5.41) is 9.21. The minimum Gasteiger partial charge on any atom is -0.466 e. The van der Waals surface area contributed by atoms with Crippen LogP contribution in [0.1, 0.15) is 27.2 Å². The van der Waals surface area contributed by atoms with Crippen LogP contribution in [0.4, 0.5) is 0 Å². The zero-order chi connectivity index (χ0) is 15.5. The Morgan fingerprint density at radius 3 is 2.55 bits per heavy atom.